The van der Waals surface area contributed by atoms with Gasteiger partial charge in [-0.05, 0) is 54.9 Å². The fraction of sp³-hybridized carbons (Fsp3) is 0.294. The summed E-state index contributed by atoms with van der Waals surface area (Å²) >= 11 is 3.62. The van der Waals surface area contributed by atoms with Gasteiger partial charge in [-0.1, -0.05) is 28.1 Å². The molecule has 2 aromatic rings. The van der Waals surface area contributed by atoms with E-state index in [0.717, 1.165) is 22.4 Å². The van der Waals surface area contributed by atoms with Crippen molar-refractivity contribution in [2.75, 3.05) is 21.3 Å². The first kappa shape index (κ1) is 15.9. The fourth-order valence-electron chi connectivity index (χ4n) is 2.32. The number of rotatable bonds is 6. The summed E-state index contributed by atoms with van der Waals surface area (Å²) in [6, 6.07) is 14.4. The van der Waals surface area contributed by atoms with Crippen LogP contribution in [-0.4, -0.2) is 21.3 Å². The Balaban J connectivity index is 2.27. The minimum Gasteiger partial charge on any atom is -0.497 e. The zero-order valence-electron chi connectivity index (χ0n) is 12.5. The quantitative estimate of drug-likeness (QED) is 0.855. The van der Waals surface area contributed by atoms with Crippen molar-refractivity contribution in [1.29, 1.82) is 0 Å². The standard InChI is InChI=1S/C17H20BrNO2/c1-19-17(10-12-5-4-6-13(9-12)20-2)15-11-14(21-3)7-8-16(15)18/h4-9,11,17,19H,10H2,1-3H3. The zero-order chi connectivity index (χ0) is 15.2. The number of nitrogens with one attached hydrogen (secondary N) is 1. The highest BCUT2D eigenvalue weighted by molar-refractivity contribution is 9.10. The maximum Gasteiger partial charge on any atom is 0.119 e. The molecule has 0 radical (unpaired) electrons. The molecule has 2 aromatic carbocycles. The summed E-state index contributed by atoms with van der Waals surface area (Å²) in [5.74, 6) is 1.74. The van der Waals surface area contributed by atoms with Crippen LogP contribution in [-0.2, 0) is 6.42 Å². The third kappa shape index (κ3) is 3.99. The van der Waals surface area contributed by atoms with Crippen LogP contribution < -0.4 is 14.8 Å². The summed E-state index contributed by atoms with van der Waals surface area (Å²) in [6.07, 6.45) is 0.874. The molecule has 0 heterocycles. The van der Waals surface area contributed by atoms with Gasteiger partial charge in [0.05, 0.1) is 14.2 Å². The van der Waals surface area contributed by atoms with E-state index in [1.807, 2.05) is 31.3 Å². The first-order valence-corrected chi connectivity index (χ1v) is 7.61. The highest BCUT2D eigenvalue weighted by atomic mass is 79.9. The molecule has 0 amide bonds. The summed E-state index contributed by atoms with van der Waals surface area (Å²) < 4.78 is 11.7. The Morgan fingerprint density at radius 1 is 1.05 bits per heavy atom. The Morgan fingerprint density at radius 2 is 1.76 bits per heavy atom. The van der Waals surface area contributed by atoms with Crippen molar-refractivity contribution in [3.05, 3.63) is 58.1 Å². The van der Waals surface area contributed by atoms with Crippen LogP contribution in [0.2, 0.25) is 0 Å². The molecule has 0 aliphatic rings. The highest BCUT2D eigenvalue weighted by Gasteiger charge is 2.14. The van der Waals surface area contributed by atoms with E-state index in [2.05, 4.69) is 39.4 Å². The molecule has 1 atom stereocenters. The van der Waals surface area contributed by atoms with Crippen molar-refractivity contribution in [3.63, 3.8) is 0 Å². The lowest BCUT2D eigenvalue weighted by atomic mass is 9.98. The molecule has 0 aliphatic heterocycles. The van der Waals surface area contributed by atoms with Crippen LogP contribution in [0.15, 0.2) is 46.9 Å². The van der Waals surface area contributed by atoms with Gasteiger partial charge in [0.15, 0.2) is 0 Å². The maximum absolute atomic E-state index is 5.32. The Hall–Kier alpha value is -1.52. The molecule has 0 spiro atoms. The van der Waals surface area contributed by atoms with Gasteiger partial charge in [-0.15, -0.1) is 0 Å². The van der Waals surface area contributed by atoms with Crippen LogP contribution in [0.25, 0.3) is 0 Å². The summed E-state index contributed by atoms with van der Waals surface area (Å²) in [5, 5.41) is 3.37. The average Bonchev–Trinajstić information content (AvgIpc) is 2.53. The SMILES string of the molecule is CNC(Cc1cccc(OC)c1)c1cc(OC)ccc1Br. The summed E-state index contributed by atoms with van der Waals surface area (Å²) in [4.78, 5) is 0. The maximum atomic E-state index is 5.32. The Bertz CT molecular complexity index is 601. The number of likely N-dealkylation sites (N-methyl/N-ethyl adjacent to an activating group) is 1. The zero-order valence-corrected chi connectivity index (χ0v) is 14.1. The Labute approximate surface area is 134 Å². The van der Waals surface area contributed by atoms with E-state index in [1.54, 1.807) is 14.2 Å². The van der Waals surface area contributed by atoms with Gasteiger partial charge in [0.25, 0.3) is 0 Å². The first-order chi connectivity index (χ1) is 10.2. The van der Waals surface area contributed by atoms with Crippen LogP contribution in [0.1, 0.15) is 17.2 Å². The summed E-state index contributed by atoms with van der Waals surface area (Å²) in [5.41, 5.74) is 2.41. The van der Waals surface area contributed by atoms with Crippen molar-refractivity contribution < 1.29 is 9.47 Å². The second kappa shape index (κ2) is 7.48. The molecular weight excluding hydrogens is 330 g/mol. The molecule has 1 unspecified atom stereocenters. The van der Waals surface area contributed by atoms with Crippen molar-refractivity contribution in [3.8, 4) is 11.5 Å². The lowest BCUT2D eigenvalue weighted by Crippen LogP contribution is -2.19. The van der Waals surface area contributed by atoms with Gasteiger partial charge in [-0.3, -0.25) is 0 Å². The molecule has 3 nitrogen and oxygen atoms in total. The van der Waals surface area contributed by atoms with E-state index in [4.69, 9.17) is 9.47 Å². The molecule has 0 saturated carbocycles. The molecule has 1 N–H and O–H groups in total. The van der Waals surface area contributed by atoms with Gasteiger partial charge in [-0.25, -0.2) is 0 Å². The van der Waals surface area contributed by atoms with Crippen molar-refractivity contribution in [1.82, 2.24) is 5.32 Å². The molecule has 2 rings (SSSR count). The number of hydrogen-bond donors (Lipinski definition) is 1. The van der Waals surface area contributed by atoms with Gasteiger partial charge in [-0.2, -0.15) is 0 Å². The smallest absolute Gasteiger partial charge is 0.119 e. The molecule has 112 valence electrons. The highest BCUT2D eigenvalue weighted by Crippen LogP contribution is 2.30. The first-order valence-electron chi connectivity index (χ1n) is 6.81. The van der Waals surface area contributed by atoms with E-state index >= 15 is 0 Å². The topological polar surface area (TPSA) is 30.5 Å². The van der Waals surface area contributed by atoms with Gasteiger partial charge in [0, 0.05) is 10.5 Å². The van der Waals surface area contributed by atoms with Crippen molar-refractivity contribution >= 4 is 15.9 Å². The Morgan fingerprint density at radius 3 is 2.43 bits per heavy atom. The molecule has 0 fully saturated rings. The lowest BCUT2D eigenvalue weighted by molar-refractivity contribution is 0.412. The lowest BCUT2D eigenvalue weighted by Gasteiger charge is -2.19. The normalized spacial score (nSPS) is 12.0. The molecule has 4 heteroatoms. The third-order valence-corrected chi connectivity index (χ3v) is 4.22. The third-order valence-electron chi connectivity index (χ3n) is 3.50. The van der Waals surface area contributed by atoms with Crippen molar-refractivity contribution in [2.45, 2.75) is 12.5 Å². The minimum atomic E-state index is 0.196. The summed E-state index contributed by atoms with van der Waals surface area (Å²) in [6.45, 7) is 0. The van der Waals surface area contributed by atoms with E-state index < -0.39 is 0 Å². The van der Waals surface area contributed by atoms with Crippen LogP contribution in [0.3, 0.4) is 0 Å². The summed E-state index contributed by atoms with van der Waals surface area (Å²) in [7, 11) is 5.34. The van der Waals surface area contributed by atoms with Crippen LogP contribution in [0.5, 0.6) is 11.5 Å². The van der Waals surface area contributed by atoms with E-state index in [1.165, 1.54) is 11.1 Å². The van der Waals surface area contributed by atoms with Crippen LogP contribution in [0.4, 0.5) is 0 Å². The number of benzene rings is 2. The average molecular weight is 350 g/mol. The number of halogens is 1. The van der Waals surface area contributed by atoms with Gasteiger partial charge in [0.2, 0.25) is 0 Å². The number of ether oxygens (including phenoxy) is 2. The minimum absolute atomic E-state index is 0.196. The molecule has 21 heavy (non-hydrogen) atoms. The molecule has 0 aromatic heterocycles. The largest absolute Gasteiger partial charge is 0.497 e. The molecule has 0 saturated heterocycles. The van der Waals surface area contributed by atoms with Gasteiger partial charge < -0.3 is 14.8 Å². The Kier molecular flexibility index (Phi) is 5.65. The fourth-order valence-corrected chi connectivity index (χ4v) is 2.84. The second-order valence-corrected chi connectivity index (χ2v) is 5.64. The predicted molar refractivity (Wildman–Crippen MR) is 89.2 cm³/mol. The van der Waals surface area contributed by atoms with Gasteiger partial charge in [0.1, 0.15) is 11.5 Å². The molecular formula is C17H20BrNO2. The second-order valence-electron chi connectivity index (χ2n) is 4.78. The van der Waals surface area contributed by atoms with Gasteiger partial charge >= 0.3 is 0 Å². The predicted octanol–water partition coefficient (Wildman–Crippen LogP) is 3.97. The van der Waals surface area contributed by atoms with E-state index in [9.17, 15) is 0 Å². The number of hydrogen-bond acceptors (Lipinski definition) is 3. The monoisotopic (exact) mass is 349 g/mol. The molecule has 0 aliphatic carbocycles. The van der Waals surface area contributed by atoms with Crippen molar-refractivity contribution in [2.24, 2.45) is 0 Å². The number of methoxy groups -OCH3 is 2. The van der Waals surface area contributed by atoms with Crippen LogP contribution >= 0.6 is 15.9 Å². The molecule has 0 bridgehead atoms. The van der Waals surface area contributed by atoms with Crippen LogP contribution in [0, 0.1) is 0 Å². The van der Waals surface area contributed by atoms with E-state index in [0.29, 0.717) is 0 Å². The van der Waals surface area contributed by atoms with E-state index in [-0.39, 0.29) is 6.04 Å².